The Kier molecular flexibility index (Phi) is 7.67. The van der Waals surface area contributed by atoms with E-state index >= 15 is 0 Å². The number of carbonyl (C=O) groups is 4. The minimum atomic E-state index is -0.551. The van der Waals surface area contributed by atoms with Gasteiger partial charge in [-0.05, 0) is 43.2 Å². The number of thiophene rings is 1. The van der Waals surface area contributed by atoms with E-state index in [0.717, 1.165) is 23.3 Å². The molecule has 0 saturated heterocycles. The van der Waals surface area contributed by atoms with E-state index in [1.807, 2.05) is 6.92 Å². The third-order valence-corrected chi connectivity index (χ3v) is 5.10. The highest BCUT2D eigenvalue weighted by Gasteiger charge is 2.18. The number of carbonyl (C=O) groups excluding carboxylic acids is 4. The molecule has 0 radical (unpaired) electrons. The van der Waals surface area contributed by atoms with E-state index in [9.17, 15) is 19.2 Å². The van der Waals surface area contributed by atoms with Crippen molar-refractivity contribution in [2.24, 2.45) is 0 Å². The summed E-state index contributed by atoms with van der Waals surface area (Å²) in [5, 5.41) is 5.15. The fourth-order valence-electron chi connectivity index (χ4n) is 2.78. The summed E-state index contributed by atoms with van der Waals surface area (Å²) in [5.41, 5.74) is 1.97. The van der Waals surface area contributed by atoms with Crippen molar-refractivity contribution in [1.82, 2.24) is 0 Å². The topological polar surface area (TPSA) is 102 Å². The van der Waals surface area contributed by atoms with Crippen LogP contribution < -0.4 is 10.6 Å². The molecular weight excluding hydrogens is 392 g/mol. The molecule has 0 bridgehead atoms. The predicted octanol–water partition coefficient (Wildman–Crippen LogP) is 3.97. The van der Waals surface area contributed by atoms with Gasteiger partial charge in [-0.25, -0.2) is 4.79 Å². The van der Waals surface area contributed by atoms with E-state index < -0.39 is 18.4 Å². The van der Waals surface area contributed by atoms with Gasteiger partial charge >= 0.3 is 5.97 Å². The molecule has 2 aromatic rings. The van der Waals surface area contributed by atoms with Crippen LogP contribution in [0.3, 0.4) is 0 Å². The monoisotopic (exact) mass is 416 g/mol. The molecule has 0 fully saturated rings. The van der Waals surface area contributed by atoms with Crippen molar-refractivity contribution in [1.29, 1.82) is 0 Å². The largest absolute Gasteiger partial charge is 0.453 e. The number of anilines is 2. The number of Topliss-reactive ketones (excluding diaryl/α,β-unsaturated/α-hetero) is 1. The standard InChI is InChI=1S/C21H24N2O5S/c1-5-6-15-9-20(29-12(15)2)21(27)28-11-19(26)17-8-7-16(22-13(3)24)10-18(17)23-14(4)25/h7-10H,5-6,11H2,1-4H3,(H,22,24)(H,23,25). The Morgan fingerprint density at radius 1 is 1.03 bits per heavy atom. The van der Waals surface area contributed by atoms with Crippen LogP contribution in [0.15, 0.2) is 24.3 Å². The van der Waals surface area contributed by atoms with Crippen LogP contribution in [0.2, 0.25) is 0 Å². The van der Waals surface area contributed by atoms with Crippen LogP contribution in [-0.2, 0) is 20.7 Å². The van der Waals surface area contributed by atoms with E-state index in [2.05, 4.69) is 17.6 Å². The van der Waals surface area contributed by atoms with Crippen LogP contribution in [0, 0.1) is 6.92 Å². The SMILES string of the molecule is CCCc1cc(C(=O)OCC(=O)c2ccc(NC(C)=O)cc2NC(C)=O)sc1C. The van der Waals surface area contributed by atoms with Crippen LogP contribution in [0.1, 0.15) is 57.7 Å². The minimum Gasteiger partial charge on any atom is -0.453 e. The third kappa shape index (κ3) is 6.25. The first kappa shape index (κ1) is 22.3. The summed E-state index contributed by atoms with van der Waals surface area (Å²) < 4.78 is 5.19. The summed E-state index contributed by atoms with van der Waals surface area (Å²) in [4.78, 5) is 49.1. The molecule has 8 heteroatoms. The third-order valence-electron chi connectivity index (χ3n) is 4.03. The number of ether oxygens (including phenoxy) is 1. The Balaban J connectivity index is 2.12. The number of amides is 2. The Morgan fingerprint density at radius 3 is 2.34 bits per heavy atom. The molecule has 2 N–H and O–H groups in total. The molecule has 0 spiro atoms. The fraction of sp³-hybridized carbons (Fsp3) is 0.333. The highest BCUT2D eigenvalue weighted by molar-refractivity contribution is 7.14. The second kappa shape index (κ2) is 9.97. The highest BCUT2D eigenvalue weighted by atomic mass is 32.1. The molecule has 2 rings (SSSR count). The maximum atomic E-state index is 12.6. The number of aryl methyl sites for hydroxylation is 2. The summed E-state index contributed by atoms with van der Waals surface area (Å²) in [7, 11) is 0. The van der Waals surface area contributed by atoms with Crippen LogP contribution in [0.25, 0.3) is 0 Å². The number of hydrogen-bond donors (Lipinski definition) is 2. The minimum absolute atomic E-state index is 0.191. The normalized spacial score (nSPS) is 10.3. The molecule has 29 heavy (non-hydrogen) atoms. The molecule has 1 aromatic heterocycles. The van der Waals surface area contributed by atoms with Gasteiger partial charge in [0.1, 0.15) is 4.88 Å². The lowest BCUT2D eigenvalue weighted by Crippen LogP contribution is -2.17. The fourth-order valence-corrected chi connectivity index (χ4v) is 3.74. The molecule has 0 aliphatic heterocycles. The zero-order chi connectivity index (χ0) is 21.6. The Bertz CT molecular complexity index is 949. The molecular formula is C21H24N2O5S. The number of nitrogens with one attached hydrogen (secondary N) is 2. The van der Waals surface area contributed by atoms with Crippen molar-refractivity contribution < 1.29 is 23.9 Å². The van der Waals surface area contributed by atoms with Crippen LogP contribution in [-0.4, -0.2) is 30.2 Å². The first-order chi connectivity index (χ1) is 13.7. The molecule has 7 nitrogen and oxygen atoms in total. The van der Waals surface area contributed by atoms with Gasteiger partial charge in [-0.15, -0.1) is 11.3 Å². The summed E-state index contributed by atoms with van der Waals surface area (Å²) in [6.07, 6.45) is 1.86. The van der Waals surface area contributed by atoms with Gasteiger partial charge in [-0.3, -0.25) is 14.4 Å². The number of hydrogen-bond acceptors (Lipinski definition) is 6. The number of benzene rings is 1. The molecule has 1 heterocycles. The first-order valence-corrected chi connectivity index (χ1v) is 10.0. The summed E-state index contributed by atoms with van der Waals surface area (Å²) >= 11 is 1.35. The highest BCUT2D eigenvalue weighted by Crippen LogP contribution is 2.25. The zero-order valence-corrected chi connectivity index (χ0v) is 17.7. The molecule has 2 amide bonds. The van der Waals surface area contributed by atoms with E-state index in [1.165, 1.54) is 37.3 Å². The Hall–Kier alpha value is -3.00. The Morgan fingerprint density at radius 2 is 1.72 bits per heavy atom. The van der Waals surface area contributed by atoms with Gasteiger partial charge < -0.3 is 15.4 Å². The molecule has 0 aliphatic carbocycles. The molecule has 1 aromatic carbocycles. The van der Waals surface area contributed by atoms with Crippen molar-refractivity contribution >= 4 is 46.3 Å². The average molecular weight is 416 g/mol. The quantitative estimate of drug-likeness (QED) is 0.501. The molecule has 0 unspecified atom stereocenters. The van der Waals surface area contributed by atoms with Crippen molar-refractivity contribution in [3.8, 4) is 0 Å². The predicted molar refractivity (Wildman–Crippen MR) is 113 cm³/mol. The summed E-state index contributed by atoms with van der Waals surface area (Å²) in [5.74, 6) is -1.66. The second-order valence-corrected chi connectivity index (χ2v) is 7.82. The van der Waals surface area contributed by atoms with E-state index in [0.29, 0.717) is 10.6 Å². The van der Waals surface area contributed by atoms with Gasteiger partial charge in [-0.2, -0.15) is 0 Å². The molecule has 0 atom stereocenters. The maximum absolute atomic E-state index is 12.6. The van der Waals surface area contributed by atoms with Crippen molar-refractivity contribution in [2.45, 2.75) is 40.5 Å². The van der Waals surface area contributed by atoms with Crippen molar-refractivity contribution in [3.05, 3.63) is 45.1 Å². The lowest BCUT2D eigenvalue weighted by atomic mass is 10.1. The zero-order valence-electron chi connectivity index (χ0n) is 16.9. The van der Waals surface area contributed by atoms with Gasteiger partial charge in [0.15, 0.2) is 6.61 Å². The van der Waals surface area contributed by atoms with Gasteiger partial charge in [0, 0.05) is 30.0 Å². The van der Waals surface area contributed by atoms with Gasteiger partial charge in [0.25, 0.3) is 0 Å². The second-order valence-electron chi connectivity index (χ2n) is 6.56. The van der Waals surface area contributed by atoms with E-state index in [-0.39, 0.29) is 23.1 Å². The maximum Gasteiger partial charge on any atom is 0.348 e. The van der Waals surface area contributed by atoms with Gasteiger partial charge in [0.2, 0.25) is 17.6 Å². The van der Waals surface area contributed by atoms with E-state index in [4.69, 9.17) is 4.74 Å². The number of ketones is 1. The summed E-state index contributed by atoms with van der Waals surface area (Å²) in [6, 6.07) is 6.31. The lowest BCUT2D eigenvalue weighted by Gasteiger charge is -2.12. The van der Waals surface area contributed by atoms with Crippen LogP contribution >= 0.6 is 11.3 Å². The van der Waals surface area contributed by atoms with Crippen LogP contribution in [0.5, 0.6) is 0 Å². The number of esters is 1. The van der Waals surface area contributed by atoms with Crippen molar-refractivity contribution in [2.75, 3.05) is 17.2 Å². The molecule has 0 saturated carbocycles. The average Bonchev–Trinajstić information content (AvgIpc) is 3.00. The molecule has 0 aliphatic rings. The smallest absolute Gasteiger partial charge is 0.348 e. The van der Waals surface area contributed by atoms with E-state index in [1.54, 1.807) is 12.1 Å². The Labute approximate surface area is 173 Å². The van der Waals surface area contributed by atoms with Crippen molar-refractivity contribution in [3.63, 3.8) is 0 Å². The van der Waals surface area contributed by atoms with Gasteiger partial charge in [-0.1, -0.05) is 13.3 Å². The van der Waals surface area contributed by atoms with Crippen LogP contribution in [0.4, 0.5) is 11.4 Å². The number of rotatable bonds is 8. The summed E-state index contributed by atoms with van der Waals surface area (Å²) in [6.45, 7) is 6.23. The van der Waals surface area contributed by atoms with Gasteiger partial charge in [0.05, 0.1) is 5.69 Å². The first-order valence-electron chi connectivity index (χ1n) is 9.20. The lowest BCUT2D eigenvalue weighted by molar-refractivity contribution is -0.115. The molecule has 154 valence electrons.